The molecule has 0 radical (unpaired) electrons. The lowest BCUT2D eigenvalue weighted by Crippen LogP contribution is -2.27. The first-order valence-corrected chi connectivity index (χ1v) is 5.90. The molecule has 0 fully saturated rings. The van der Waals surface area contributed by atoms with Crippen LogP contribution in [-0.4, -0.2) is 32.1 Å². The van der Waals surface area contributed by atoms with Gasteiger partial charge in [-0.15, -0.1) is 12.4 Å². The number of alkyl halides is 3. The summed E-state index contributed by atoms with van der Waals surface area (Å²) in [7, 11) is 3.68. The maximum atomic E-state index is 12.6. The van der Waals surface area contributed by atoms with Crippen molar-refractivity contribution in [1.82, 2.24) is 10.2 Å². The molecule has 0 atom stereocenters. The molecule has 0 aliphatic carbocycles. The van der Waals surface area contributed by atoms with Crippen LogP contribution in [0.1, 0.15) is 11.1 Å². The van der Waals surface area contributed by atoms with Crippen LogP contribution < -0.4 is 5.32 Å². The summed E-state index contributed by atoms with van der Waals surface area (Å²) < 4.78 is 37.8. The van der Waals surface area contributed by atoms with E-state index in [2.05, 4.69) is 5.32 Å². The van der Waals surface area contributed by atoms with Gasteiger partial charge < -0.3 is 10.2 Å². The smallest absolute Gasteiger partial charge is 0.318 e. The van der Waals surface area contributed by atoms with Crippen molar-refractivity contribution in [3.8, 4) is 0 Å². The van der Waals surface area contributed by atoms with Crippen LogP contribution in [0.3, 0.4) is 0 Å². The van der Waals surface area contributed by atoms with Gasteiger partial charge in [0.05, 0.1) is 5.56 Å². The number of halogens is 5. The monoisotopic (exact) mass is 316 g/mol. The predicted octanol–water partition coefficient (Wildman–Crippen LogP) is 3.43. The zero-order valence-corrected chi connectivity index (χ0v) is 12.3. The molecule has 0 saturated carbocycles. The van der Waals surface area contributed by atoms with E-state index in [1.165, 1.54) is 0 Å². The number of hydrogen-bond donors (Lipinski definition) is 1. The molecule has 1 rings (SSSR count). The molecular formula is C12H17Cl2F3N2. The van der Waals surface area contributed by atoms with Crippen molar-refractivity contribution in [2.75, 3.05) is 27.2 Å². The summed E-state index contributed by atoms with van der Waals surface area (Å²) in [5, 5.41) is 3.10. The Kier molecular flexibility index (Phi) is 7.74. The van der Waals surface area contributed by atoms with E-state index in [9.17, 15) is 13.2 Å². The maximum absolute atomic E-state index is 12.6. The molecule has 0 amide bonds. The van der Waals surface area contributed by atoms with Crippen LogP contribution in [0.25, 0.3) is 0 Å². The lowest BCUT2D eigenvalue weighted by atomic mass is 10.1. The molecule has 19 heavy (non-hydrogen) atoms. The Morgan fingerprint density at radius 2 is 1.89 bits per heavy atom. The van der Waals surface area contributed by atoms with E-state index in [0.717, 1.165) is 25.2 Å². The van der Waals surface area contributed by atoms with E-state index < -0.39 is 11.7 Å². The SMILES string of the molecule is CNCCN(C)Cc1cc(Cl)cc(C(F)(F)F)c1.Cl. The zero-order chi connectivity index (χ0) is 13.8. The van der Waals surface area contributed by atoms with Crippen molar-refractivity contribution in [2.45, 2.75) is 12.7 Å². The maximum Gasteiger partial charge on any atom is 0.416 e. The molecule has 7 heteroatoms. The van der Waals surface area contributed by atoms with Crippen molar-refractivity contribution >= 4 is 24.0 Å². The molecule has 0 bridgehead atoms. The van der Waals surface area contributed by atoms with Crippen LogP contribution in [0.2, 0.25) is 5.02 Å². The third kappa shape index (κ3) is 6.47. The fraction of sp³-hybridized carbons (Fsp3) is 0.500. The average molecular weight is 317 g/mol. The number of hydrogen-bond acceptors (Lipinski definition) is 2. The Labute approximate surface area is 122 Å². The van der Waals surface area contributed by atoms with E-state index in [-0.39, 0.29) is 17.4 Å². The molecule has 0 aromatic heterocycles. The van der Waals surface area contributed by atoms with Gasteiger partial charge in [-0.25, -0.2) is 0 Å². The van der Waals surface area contributed by atoms with Gasteiger partial charge in [-0.2, -0.15) is 13.2 Å². The third-order valence-electron chi connectivity index (χ3n) is 2.48. The molecule has 0 heterocycles. The molecular weight excluding hydrogens is 300 g/mol. The number of nitrogens with one attached hydrogen (secondary N) is 1. The van der Waals surface area contributed by atoms with Crippen molar-refractivity contribution < 1.29 is 13.2 Å². The second-order valence-corrected chi connectivity index (χ2v) is 4.62. The Morgan fingerprint density at radius 1 is 1.26 bits per heavy atom. The summed E-state index contributed by atoms with van der Waals surface area (Å²) in [6.07, 6.45) is -4.36. The molecule has 0 spiro atoms. The fourth-order valence-electron chi connectivity index (χ4n) is 1.60. The van der Waals surface area contributed by atoms with Crippen molar-refractivity contribution in [2.24, 2.45) is 0 Å². The summed E-state index contributed by atoms with van der Waals surface area (Å²) in [6.45, 7) is 1.97. The summed E-state index contributed by atoms with van der Waals surface area (Å²) in [6, 6.07) is 3.65. The van der Waals surface area contributed by atoms with E-state index in [1.807, 2.05) is 19.0 Å². The Balaban J connectivity index is 0.00000324. The Hall–Kier alpha value is -0.490. The molecule has 1 N–H and O–H groups in total. The van der Waals surface area contributed by atoms with E-state index in [1.54, 1.807) is 6.07 Å². The van der Waals surface area contributed by atoms with E-state index in [0.29, 0.717) is 12.1 Å². The van der Waals surface area contributed by atoms with Crippen molar-refractivity contribution in [3.63, 3.8) is 0 Å². The van der Waals surface area contributed by atoms with E-state index in [4.69, 9.17) is 11.6 Å². The highest BCUT2D eigenvalue weighted by Crippen LogP contribution is 2.32. The van der Waals surface area contributed by atoms with Crippen LogP contribution in [0.4, 0.5) is 13.2 Å². The summed E-state index contributed by atoms with van der Waals surface area (Å²) in [5.41, 5.74) is -0.138. The van der Waals surface area contributed by atoms with Gasteiger partial charge in [0.2, 0.25) is 0 Å². The minimum Gasteiger partial charge on any atom is -0.318 e. The quantitative estimate of drug-likeness (QED) is 0.895. The first kappa shape index (κ1) is 18.5. The van der Waals surface area contributed by atoms with Gasteiger partial charge in [0.25, 0.3) is 0 Å². The predicted molar refractivity (Wildman–Crippen MR) is 74.0 cm³/mol. The highest BCUT2D eigenvalue weighted by molar-refractivity contribution is 6.30. The normalized spacial score (nSPS) is 11.5. The van der Waals surface area contributed by atoms with Gasteiger partial charge in [-0.3, -0.25) is 0 Å². The summed E-state index contributed by atoms with van der Waals surface area (Å²) in [4.78, 5) is 1.93. The molecule has 0 saturated heterocycles. The minimum absolute atomic E-state index is 0. The molecule has 0 aliphatic heterocycles. The van der Waals surface area contributed by atoms with Crippen LogP contribution in [0.15, 0.2) is 18.2 Å². The largest absolute Gasteiger partial charge is 0.416 e. The van der Waals surface area contributed by atoms with Gasteiger partial charge in [0.1, 0.15) is 0 Å². The zero-order valence-electron chi connectivity index (χ0n) is 10.7. The standard InChI is InChI=1S/C12H16ClF3N2.ClH/c1-17-3-4-18(2)8-9-5-10(12(14,15)16)7-11(13)6-9;/h5-7,17H,3-4,8H2,1-2H3;1H. The van der Waals surface area contributed by atoms with Gasteiger partial charge in [0.15, 0.2) is 0 Å². The topological polar surface area (TPSA) is 15.3 Å². The molecule has 1 aromatic carbocycles. The van der Waals surface area contributed by atoms with E-state index >= 15 is 0 Å². The Bertz CT molecular complexity index is 397. The van der Waals surface area contributed by atoms with Gasteiger partial charge in [-0.1, -0.05) is 11.6 Å². The highest BCUT2D eigenvalue weighted by atomic mass is 35.5. The fourth-order valence-corrected chi connectivity index (χ4v) is 1.86. The molecule has 0 unspecified atom stereocenters. The van der Waals surface area contributed by atoms with Crippen molar-refractivity contribution in [3.05, 3.63) is 34.3 Å². The van der Waals surface area contributed by atoms with Gasteiger partial charge >= 0.3 is 6.18 Å². The lowest BCUT2D eigenvalue weighted by Gasteiger charge is -2.17. The Morgan fingerprint density at radius 3 is 2.42 bits per heavy atom. The lowest BCUT2D eigenvalue weighted by molar-refractivity contribution is -0.137. The molecule has 1 aromatic rings. The summed E-state index contributed by atoms with van der Waals surface area (Å²) in [5.74, 6) is 0. The van der Waals surface area contributed by atoms with Gasteiger partial charge in [-0.05, 0) is 37.9 Å². The number of likely N-dealkylation sites (N-methyl/N-ethyl adjacent to an activating group) is 2. The average Bonchev–Trinajstić information content (AvgIpc) is 2.24. The number of nitrogens with zero attached hydrogens (tertiary/aromatic N) is 1. The second kappa shape index (κ2) is 7.94. The number of rotatable bonds is 5. The van der Waals surface area contributed by atoms with Crippen LogP contribution in [0.5, 0.6) is 0 Å². The molecule has 2 nitrogen and oxygen atoms in total. The second-order valence-electron chi connectivity index (χ2n) is 4.19. The van der Waals surface area contributed by atoms with Crippen LogP contribution in [0, 0.1) is 0 Å². The highest BCUT2D eigenvalue weighted by Gasteiger charge is 2.31. The first-order chi connectivity index (χ1) is 8.32. The molecule has 0 aliphatic rings. The third-order valence-corrected chi connectivity index (χ3v) is 2.70. The minimum atomic E-state index is -4.36. The van der Waals surface area contributed by atoms with Crippen LogP contribution >= 0.6 is 24.0 Å². The van der Waals surface area contributed by atoms with Gasteiger partial charge in [0, 0.05) is 24.7 Å². The first-order valence-electron chi connectivity index (χ1n) is 5.52. The van der Waals surface area contributed by atoms with Crippen molar-refractivity contribution in [1.29, 1.82) is 0 Å². The summed E-state index contributed by atoms with van der Waals surface area (Å²) >= 11 is 5.71. The van der Waals surface area contributed by atoms with Crippen LogP contribution in [-0.2, 0) is 12.7 Å². The molecule has 110 valence electrons. The number of benzene rings is 1.